The monoisotopic (exact) mass is 299 g/mol. The van der Waals surface area contributed by atoms with Crippen LogP contribution < -0.4 is 5.43 Å². The van der Waals surface area contributed by atoms with Crippen molar-refractivity contribution in [3.8, 4) is 0 Å². The van der Waals surface area contributed by atoms with Gasteiger partial charge in [-0.05, 0) is 37.1 Å². The summed E-state index contributed by atoms with van der Waals surface area (Å²) in [5, 5.41) is 3.93. The summed E-state index contributed by atoms with van der Waals surface area (Å²) >= 11 is 0. The molecule has 5 heteroatoms. The maximum atomic E-state index is 13.0. The van der Waals surface area contributed by atoms with Gasteiger partial charge in [-0.1, -0.05) is 18.9 Å². The minimum atomic E-state index is -0.440. The van der Waals surface area contributed by atoms with Crippen molar-refractivity contribution in [2.45, 2.75) is 31.7 Å². The lowest BCUT2D eigenvalue weighted by molar-refractivity contribution is 0.0954. The summed E-state index contributed by atoms with van der Waals surface area (Å²) in [6, 6.07) is 8.08. The van der Waals surface area contributed by atoms with Gasteiger partial charge >= 0.3 is 0 Å². The van der Waals surface area contributed by atoms with E-state index in [1.54, 1.807) is 12.3 Å². The molecular formula is C17H18FN3O. The Balaban J connectivity index is 1.59. The Kier molecular flexibility index (Phi) is 4.32. The van der Waals surface area contributed by atoms with Crippen LogP contribution in [-0.2, 0) is 0 Å². The molecular weight excluding hydrogens is 281 g/mol. The predicted octanol–water partition coefficient (Wildman–Crippen LogP) is 3.51. The summed E-state index contributed by atoms with van der Waals surface area (Å²) in [5.41, 5.74) is 3.60. The number of carbonyl (C=O) groups is 1. The summed E-state index contributed by atoms with van der Waals surface area (Å²) in [7, 11) is 0. The first-order valence-corrected chi connectivity index (χ1v) is 7.49. The van der Waals surface area contributed by atoms with Gasteiger partial charge < -0.3 is 4.57 Å². The fourth-order valence-corrected chi connectivity index (χ4v) is 2.80. The number of carbonyl (C=O) groups excluding carboxylic acids is 1. The predicted molar refractivity (Wildman–Crippen MR) is 83.4 cm³/mol. The maximum Gasteiger partial charge on any atom is 0.271 e. The third kappa shape index (κ3) is 3.42. The average Bonchev–Trinajstić information content (AvgIpc) is 3.18. The number of halogens is 1. The Morgan fingerprint density at radius 1 is 1.32 bits per heavy atom. The number of nitrogens with one attached hydrogen (secondary N) is 1. The fourth-order valence-electron chi connectivity index (χ4n) is 2.80. The molecule has 0 saturated heterocycles. The van der Waals surface area contributed by atoms with Crippen molar-refractivity contribution in [2.75, 3.05) is 0 Å². The normalized spacial score (nSPS) is 15.5. The second-order valence-corrected chi connectivity index (χ2v) is 5.54. The van der Waals surface area contributed by atoms with Crippen LogP contribution in [0, 0.1) is 5.82 Å². The summed E-state index contributed by atoms with van der Waals surface area (Å²) in [6.07, 6.45) is 10.7. The Morgan fingerprint density at radius 2 is 2.14 bits per heavy atom. The highest BCUT2D eigenvalue weighted by Crippen LogP contribution is 2.29. The van der Waals surface area contributed by atoms with Crippen molar-refractivity contribution in [3.05, 3.63) is 59.7 Å². The highest BCUT2D eigenvalue weighted by molar-refractivity contribution is 5.94. The lowest BCUT2D eigenvalue weighted by Gasteiger charge is -2.10. The molecule has 0 radical (unpaired) electrons. The van der Waals surface area contributed by atoms with Gasteiger partial charge in [0.2, 0.25) is 0 Å². The van der Waals surface area contributed by atoms with E-state index in [0.717, 1.165) is 5.56 Å². The van der Waals surface area contributed by atoms with E-state index in [2.05, 4.69) is 15.1 Å². The highest BCUT2D eigenvalue weighted by atomic mass is 19.1. The van der Waals surface area contributed by atoms with E-state index in [4.69, 9.17) is 0 Å². The average molecular weight is 299 g/mol. The molecule has 1 N–H and O–H groups in total. The van der Waals surface area contributed by atoms with E-state index >= 15 is 0 Å². The zero-order chi connectivity index (χ0) is 15.4. The number of hydrogen-bond donors (Lipinski definition) is 1. The van der Waals surface area contributed by atoms with Gasteiger partial charge in [0.25, 0.3) is 5.91 Å². The zero-order valence-corrected chi connectivity index (χ0v) is 12.2. The molecule has 0 bridgehead atoms. The Labute approximate surface area is 128 Å². The molecule has 0 atom stereocenters. The summed E-state index contributed by atoms with van der Waals surface area (Å²) in [6.45, 7) is 0. The summed E-state index contributed by atoms with van der Waals surface area (Å²) < 4.78 is 15.3. The molecule has 1 aliphatic carbocycles. The lowest BCUT2D eigenvalue weighted by atomic mass is 10.2. The molecule has 1 aliphatic rings. The topological polar surface area (TPSA) is 46.4 Å². The Hall–Kier alpha value is -2.43. The molecule has 1 aromatic carbocycles. The molecule has 114 valence electrons. The van der Waals surface area contributed by atoms with Gasteiger partial charge in [-0.15, -0.1) is 0 Å². The Bertz CT molecular complexity index is 687. The van der Waals surface area contributed by atoms with Crippen molar-refractivity contribution >= 4 is 12.1 Å². The van der Waals surface area contributed by atoms with Gasteiger partial charge in [-0.25, -0.2) is 9.82 Å². The molecule has 1 amide bonds. The van der Waals surface area contributed by atoms with Crippen LogP contribution in [0.15, 0.2) is 47.8 Å². The highest BCUT2D eigenvalue weighted by Gasteiger charge is 2.15. The third-order valence-electron chi connectivity index (χ3n) is 3.95. The third-order valence-corrected chi connectivity index (χ3v) is 3.95. The molecule has 22 heavy (non-hydrogen) atoms. The number of hydrogen-bond acceptors (Lipinski definition) is 2. The fraction of sp³-hybridized carbons (Fsp3) is 0.294. The molecule has 0 unspecified atom stereocenters. The van der Waals surface area contributed by atoms with Crippen molar-refractivity contribution < 1.29 is 9.18 Å². The number of nitrogens with zero attached hydrogens (tertiary/aromatic N) is 2. The zero-order valence-electron chi connectivity index (χ0n) is 12.2. The van der Waals surface area contributed by atoms with Crippen LogP contribution in [0.2, 0.25) is 0 Å². The van der Waals surface area contributed by atoms with Gasteiger partial charge in [-0.3, -0.25) is 4.79 Å². The molecule has 4 nitrogen and oxygen atoms in total. The number of amides is 1. The van der Waals surface area contributed by atoms with Gasteiger partial charge in [0.05, 0.1) is 6.21 Å². The molecule has 0 aliphatic heterocycles. The number of hydrazone groups is 1. The molecule has 3 rings (SSSR count). The second kappa shape index (κ2) is 6.56. The van der Waals surface area contributed by atoms with E-state index in [-0.39, 0.29) is 5.56 Å². The van der Waals surface area contributed by atoms with Crippen molar-refractivity contribution in [1.82, 2.24) is 9.99 Å². The van der Waals surface area contributed by atoms with Crippen LogP contribution in [0.1, 0.15) is 47.6 Å². The minimum Gasteiger partial charge on any atom is -0.351 e. The molecule has 1 aromatic heterocycles. The van der Waals surface area contributed by atoms with E-state index in [9.17, 15) is 9.18 Å². The first kappa shape index (κ1) is 14.5. The van der Waals surface area contributed by atoms with E-state index < -0.39 is 11.7 Å². The summed E-state index contributed by atoms with van der Waals surface area (Å²) in [5.74, 6) is -0.865. The van der Waals surface area contributed by atoms with Crippen molar-refractivity contribution in [1.29, 1.82) is 0 Å². The number of aromatic nitrogens is 1. The van der Waals surface area contributed by atoms with Crippen LogP contribution in [0.5, 0.6) is 0 Å². The first-order valence-electron chi connectivity index (χ1n) is 7.49. The lowest BCUT2D eigenvalue weighted by Crippen LogP contribution is -2.17. The smallest absolute Gasteiger partial charge is 0.271 e. The second-order valence-electron chi connectivity index (χ2n) is 5.54. The molecule has 1 saturated carbocycles. The van der Waals surface area contributed by atoms with Gasteiger partial charge in [0, 0.05) is 29.6 Å². The van der Waals surface area contributed by atoms with E-state index in [1.165, 1.54) is 43.9 Å². The standard InChI is InChI=1S/C17H18FN3O/c18-15-5-3-4-14(10-15)17(22)20-19-11-13-8-9-21(12-13)16-6-1-2-7-16/h3-5,8-12,16H,1-2,6-7H2,(H,20,22)/b19-11-. The quantitative estimate of drug-likeness (QED) is 0.681. The van der Waals surface area contributed by atoms with Crippen LogP contribution >= 0.6 is 0 Å². The van der Waals surface area contributed by atoms with Gasteiger partial charge in [0.1, 0.15) is 5.82 Å². The minimum absolute atomic E-state index is 0.251. The van der Waals surface area contributed by atoms with Crippen LogP contribution in [0.25, 0.3) is 0 Å². The first-order chi connectivity index (χ1) is 10.7. The molecule has 0 spiro atoms. The molecule has 2 aromatic rings. The van der Waals surface area contributed by atoms with E-state index in [1.807, 2.05) is 18.5 Å². The number of benzene rings is 1. The van der Waals surface area contributed by atoms with Crippen molar-refractivity contribution in [3.63, 3.8) is 0 Å². The van der Waals surface area contributed by atoms with Crippen LogP contribution in [-0.4, -0.2) is 16.7 Å². The SMILES string of the molecule is O=C(N/N=C\c1ccn(C2CCCC2)c1)c1cccc(F)c1. The van der Waals surface area contributed by atoms with Gasteiger partial charge in [-0.2, -0.15) is 5.10 Å². The Morgan fingerprint density at radius 3 is 2.91 bits per heavy atom. The van der Waals surface area contributed by atoms with Crippen LogP contribution in [0.4, 0.5) is 4.39 Å². The molecule has 1 heterocycles. The van der Waals surface area contributed by atoms with Crippen molar-refractivity contribution in [2.24, 2.45) is 5.10 Å². The summed E-state index contributed by atoms with van der Waals surface area (Å²) in [4.78, 5) is 11.8. The van der Waals surface area contributed by atoms with Gasteiger partial charge in [0.15, 0.2) is 0 Å². The maximum absolute atomic E-state index is 13.0. The number of rotatable bonds is 4. The molecule has 1 fully saturated rings. The van der Waals surface area contributed by atoms with E-state index in [0.29, 0.717) is 6.04 Å². The largest absolute Gasteiger partial charge is 0.351 e. The van der Waals surface area contributed by atoms with Crippen LogP contribution in [0.3, 0.4) is 0 Å².